The Hall–Kier alpha value is -3.15. The third-order valence-corrected chi connectivity index (χ3v) is 4.23. The van der Waals surface area contributed by atoms with Crippen molar-refractivity contribution in [2.24, 2.45) is 5.92 Å². The smallest absolute Gasteiger partial charge is 0.338 e. The first-order valence-corrected chi connectivity index (χ1v) is 8.52. The van der Waals surface area contributed by atoms with Gasteiger partial charge in [-0.25, -0.2) is 4.79 Å². The van der Waals surface area contributed by atoms with Crippen molar-refractivity contribution in [1.82, 2.24) is 0 Å². The lowest BCUT2D eigenvalue weighted by Gasteiger charge is -2.16. The van der Waals surface area contributed by atoms with Crippen LogP contribution in [0.1, 0.15) is 23.7 Å². The number of hydrogen-bond donors (Lipinski definition) is 1. The number of benzene rings is 2. The topological polar surface area (TPSA) is 75.7 Å². The minimum atomic E-state index is -0.410. The van der Waals surface area contributed by atoms with E-state index in [1.807, 2.05) is 30.3 Å². The SMILES string of the molecule is CCOC(=O)c1ccc(NC(=O)[C@@H]2CC(=O)N(c3ccccc3)C2)cc1. The molecule has 134 valence electrons. The summed E-state index contributed by atoms with van der Waals surface area (Å²) in [6.45, 7) is 2.41. The van der Waals surface area contributed by atoms with Crippen molar-refractivity contribution in [3.8, 4) is 0 Å². The molecule has 6 heteroatoms. The minimum absolute atomic E-state index is 0.0611. The Morgan fingerprint density at radius 1 is 1.12 bits per heavy atom. The maximum atomic E-state index is 12.5. The molecule has 0 unspecified atom stereocenters. The molecule has 0 aromatic heterocycles. The summed E-state index contributed by atoms with van der Waals surface area (Å²) < 4.78 is 4.93. The van der Waals surface area contributed by atoms with E-state index in [1.54, 1.807) is 36.1 Å². The van der Waals surface area contributed by atoms with Gasteiger partial charge in [-0.05, 0) is 43.3 Å². The molecule has 1 aliphatic heterocycles. The molecule has 26 heavy (non-hydrogen) atoms. The van der Waals surface area contributed by atoms with E-state index < -0.39 is 11.9 Å². The zero-order valence-electron chi connectivity index (χ0n) is 14.5. The van der Waals surface area contributed by atoms with Crippen LogP contribution >= 0.6 is 0 Å². The van der Waals surface area contributed by atoms with Gasteiger partial charge < -0.3 is 15.0 Å². The van der Waals surface area contributed by atoms with Gasteiger partial charge in [0.2, 0.25) is 11.8 Å². The molecule has 2 aromatic carbocycles. The Morgan fingerprint density at radius 3 is 2.46 bits per heavy atom. The standard InChI is InChI=1S/C20H20N2O4/c1-2-26-20(25)14-8-10-16(11-9-14)21-19(24)15-12-18(23)22(13-15)17-6-4-3-5-7-17/h3-11,15H,2,12-13H2,1H3,(H,21,24)/t15-/m1/s1. The highest BCUT2D eigenvalue weighted by Gasteiger charge is 2.35. The van der Waals surface area contributed by atoms with E-state index in [-0.39, 0.29) is 18.2 Å². The number of carbonyl (C=O) groups excluding carboxylic acids is 3. The molecule has 0 radical (unpaired) electrons. The van der Waals surface area contributed by atoms with E-state index in [9.17, 15) is 14.4 Å². The van der Waals surface area contributed by atoms with Crippen molar-refractivity contribution >= 4 is 29.2 Å². The van der Waals surface area contributed by atoms with Crippen LogP contribution in [0.4, 0.5) is 11.4 Å². The van der Waals surface area contributed by atoms with Gasteiger partial charge in [-0.1, -0.05) is 18.2 Å². The Morgan fingerprint density at radius 2 is 1.81 bits per heavy atom. The Bertz CT molecular complexity index is 802. The maximum Gasteiger partial charge on any atom is 0.338 e. The normalized spacial score (nSPS) is 16.4. The van der Waals surface area contributed by atoms with Crippen LogP contribution in [0, 0.1) is 5.92 Å². The third kappa shape index (κ3) is 3.91. The van der Waals surface area contributed by atoms with Crippen molar-refractivity contribution < 1.29 is 19.1 Å². The van der Waals surface area contributed by atoms with E-state index in [0.717, 1.165) is 5.69 Å². The van der Waals surface area contributed by atoms with E-state index in [4.69, 9.17) is 4.74 Å². The van der Waals surface area contributed by atoms with Crippen molar-refractivity contribution in [3.63, 3.8) is 0 Å². The van der Waals surface area contributed by atoms with Gasteiger partial charge in [-0.3, -0.25) is 9.59 Å². The van der Waals surface area contributed by atoms with Crippen LogP contribution in [0.5, 0.6) is 0 Å². The number of carbonyl (C=O) groups is 3. The second-order valence-corrected chi connectivity index (χ2v) is 6.03. The van der Waals surface area contributed by atoms with Gasteiger partial charge in [0, 0.05) is 24.3 Å². The lowest BCUT2D eigenvalue weighted by atomic mass is 10.1. The summed E-state index contributed by atoms with van der Waals surface area (Å²) in [5.74, 6) is -1.08. The number of ether oxygens (including phenoxy) is 1. The van der Waals surface area contributed by atoms with Crippen molar-refractivity contribution in [2.45, 2.75) is 13.3 Å². The molecule has 2 amide bonds. The number of hydrogen-bond acceptors (Lipinski definition) is 4. The predicted molar refractivity (Wildman–Crippen MR) is 97.9 cm³/mol. The van der Waals surface area contributed by atoms with Crippen LogP contribution in [0.25, 0.3) is 0 Å². The number of anilines is 2. The monoisotopic (exact) mass is 352 g/mol. The number of nitrogens with one attached hydrogen (secondary N) is 1. The van der Waals surface area contributed by atoms with Gasteiger partial charge in [0.25, 0.3) is 0 Å². The summed E-state index contributed by atoms with van der Waals surface area (Å²) in [6, 6.07) is 15.8. The molecular weight excluding hydrogens is 332 g/mol. The van der Waals surface area contributed by atoms with Crippen LogP contribution < -0.4 is 10.2 Å². The van der Waals surface area contributed by atoms with E-state index in [1.165, 1.54) is 0 Å². The molecule has 2 aromatic rings. The Kier molecular flexibility index (Phi) is 5.31. The molecule has 0 aliphatic carbocycles. The van der Waals surface area contributed by atoms with Crippen LogP contribution in [-0.4, -0.2) is 30.9 Å². The second-order valence-electron chi connectivity index (χ2n) is 6.03. The summed E-state index contributed by atoms with van der Waals surface area (Å²) in [7, 11) is 0. The Balaban J connectivity index is 1.62. The molecular formula is C20H20N2O4. The first-order chi connectivity index (χ1) is 12.6. The van der Waals surface area contributed by atoms with Crippen molar-refractivity contribution in [3.05, 3.63) is 60.2 Å². The molecule has 1 aliphatic rings. The largest absolute Gasteiger partial charge is 0.462 e. The lowest BCUT2D eigenvalue weighted by Crippen LogP contribution is -2.28. The van der Waals surface area contributed by atoms with Crippen LogP contribution in [0.3, 0.4) is 0 Å². The second kappa shape index (κ2) is 7.82. The first kappa shape index (κ1) is 17.7. The van der Waals surface area contributed by atoms with Gasteiger partial charge in [-0.15, -0.1) is 0 Å². The lowest BCUT2D eigenvalue weighted by molar-refractivity contribution is -0.122. The molecule has 0 saturated carbocycles. The van der Waals surface area contributed by atoms with Crippen LogP contribution in [0.15, 0.2) is 54.6 Å². The van der Waals surface area contributed by atoms with E-state index >= 15 is 0 Å². The molecule has 1 atom stereocenters. The quantitative estimate of drug-likeness (QED) is 0.840. The number of esters is 1. The van der Waals surface area contributed by atoms with Gasteiger partial charge >= 0.3 is 5.97 Å². The summed E-state index contributed by atoms with van der Waals surface area (Å²) in [5, 5.41) is 2.80. The molecule has 1 fully saturated rings. The zero-order chi connectivity index (χ0) is 18.5. The Labute approximate surface area is 151 Å². The van der Waals surface area contributed by atoms with Gasteiger partial charge in [0.15, 0.2) is 0 Å². The van der Waals surface area contributed by atoms with Crippen molar-refractivity contribution in [1.29, 1.82) is 0 Å². The molecule has 1 heterocycles. The predicted octanol–water partition coefficient (Wildman–Crippen LogP) is 2.85. The van der Waals surface area contributed by atoms with Gasteiger partial charge in [0.05, 0.1) is 18.1 Å². The summed E-state index contributed by atoms with van der Waals surface area (Å²) in [5.41, 5.74) is 1.80. The summed E-state index contributed by atoms with van der Waals surface area (Å²) in [6.07, 6.45) is 0.182. The van der Waals surface area contributed by atoms with Crippen LogP contribution in [-0.2, 0) is 14.3 Å². The molecule has 3 rings (SSSR count). The molecule has 6 nitrogen and oxygen atoms in total. The zero-order valence-corrected chi connectivity index (χ0v) is 14.5. The fourth-order valence-electron chi connectivity index (χ4n) is 2.89. The number of rotatable bonds is 5. The molecule has 0 bridgehead atoms. The maximum absolute atomic E-state index is 12.5. The molecule has 0 spiro atoms. The van der Waals surface area contributed by atoms with E-state index in [2.05, 4.69) is 5.32 Å². The fourth-order valence-corrected chi connectivity index (χ4v) is 2.89. The number of para-hydroxylation sites is 1. The fraction of sp³-hybridized carbons (Fsp3) is 0.250. The average Bonchev–Trinajstić information content (AvgIpc) is 3.05. The highest BCUT2D eigenvalue weighted by atomic mass is 16.5. The number of nitrogens with zero attached hydrogens (tertiary/aromatic N) is 1. The average molecular weight is 352 g/mol. The first-order valence-electron chi connectivity index (χ1n) is 8.52. The third-order valence-electron chi connectivity index (χ3n) is 4.23. The highest BCUT2D eigenvalue weighted by Crippen LogP contribution is 2.25. The summed E-state index contributed by atoms with van der Waals surface area (Å²) >= 11 is 0. The minimum Gasteiger partial charge on any atom is -0.462 e. The number of amides is 2. The summed E-state index contributed by atoms with van der Waals surface area (Å²) in [4.78, 5) is 38.0. The molecule has 1 N–H and O–H groups in total. The highest BCUT2D eigenvalue weighted by molar-refractivity contribution is 6.03. The van der Waals surface area contributed by atoms with Gasteiger partial charge in [-0.2, -0.15) is 0 Å². The molecule has 1 saturated heterocycles. The van der Waals surface area contributed by atoms with Crippen molar-refractivity contribution in [2.75, 3.05) is 23.4 Å². The van der Waals surface area contributed by atoms with Crippen LogP contribution in [0.2, 0.25) is 0 Å². The van der Waals surface area contributed by atoms with Gasteiger partial charge in [0.1, 0.15) is 0 Å². The van der Waals surface area contributed by atoms with E-state index in [0.29, 0.717) is 24.4 Å².